The van der Waals surface area contributed by atoms with E-state index in [4.69, 9.17) is 0 Å². The molecule has 2 N–H and O–H groups in total. The molecule has 2 heterocycles. The number of piperidine rings is 1. The van der Waals surface area contributed by atoms with Crippen LogP contribution in [0.1, 0.15) is 38.4 Å². The van der Waals surface area contributed by atoms with Crippen molar-refractivity contribution >= 4 is 10.0 Å². The molecule has 0 radical (unpaired) electrons. The monoisotopic (exact) mass is 300 g/mol. The summed E-state index contributed by atoms with van der Waals surface area (Å²) in [5.74, 6) is 0.715. The average molecular weight is 300 g/mol. The van der Waals surface area contributed by atoms with Crippen LogP contribution in [-0.4, -0.2) is 48.9 Å². The number of aryl methyl sites for hydroxylation is 1. The molecule has 1 unspecified atom stereocenters. The van der Waals surface area contributed by atoms with Gasteiger partial charge >= 0.3 is 0 Å². The van der Waals surface area contributed by atoms with Crippen molar-refractivity contribution < 1.29 is 8.42 Å². The zero-order valence-corrected chi connectivity index (χ0v) is 13.0. The number of sulfonamides is 1. The highest BCUT2D eigenvalue weighted by atomic mass is 32.2. The fourth-order valence-corrected chi connectivity index (χ4v) is 4.33. The Balaban J connectivity index is 2.20. The van der Waals surface area contributed by atoms with Crippen LogP contribution in [0.2, 0.25) is 0 Å². The van der Waals surface area contributed by atoms with Crippen LogP contribution < -0.4 is 5.32 Å². The Morgan fingerprint density at radius 2 is 2.30 bits per heavy atom. The van der Waals surface area contributed by atoms with Crippen molar-refractivity contribution in [3.8, 4) is 0 Å². The predicted octanol–water partition coefficient (Wildman–Crippen LogP) is 1.12. The summed E-state index contributed by atoms with van der Waals surface area (Å²) in [5.41, 5.74) is 0. The third kappa shape index (κ3) is 3.21. The Labute approximate surface area is 121 Å². The lowest BCUT2D eigenvalue weighted by Crippen LogP contribution is -2.44. The van der Waals surface area contributed by atoms with E-state index in [0.717, 1.165) is 32.2 Å². The van der Waals surface area contributed by atoms with Gasteiger partial charge in [0.1, 0.15) is 5.82 Å². The van der Waals surface area contributed by atoms with Crippen molar-refractivity contribution in [2.24, 2.45) is 0 Å². The van der Waals surface area contributed by atoms with Crippen molar-refractivity contribution in [1.29, 1.82) is 0 Å². The van der Waals surface area contributed by atoms with E-state index in [-0.39, 0.29) is 11.1 Å². The smallest absolute Gasteiger partial charge is 0.260 e. The minimum absolute atomic E-state index is 0.0922. The Kier molecular flexibility index (Phi) is 5.17. The van der Waals surface area contributed by atoms with Crippen molar-refractivity contribution in [1.82, 2.24) is 19.6 Å². The molecule has 1 saturated heterocycles. The van der Waals surface area contributed by atoms with E-state index in [0.29, 0.717) is 18.8 Å². The molecule has 1 aliphatic rings. The lowest BCUT2D eigenvalue weighted by molar-refractivity contribution is 0.240. The number of rotatable bonds is 6. The molecule has 0 saturated carbocycles. The van der Waals surface area contributed by atoms with Gasteiger partial charge in [-0.25, -0.2) is 13.4 Å². The van der Waals surface area contributed by atoms with Crippen LogP contribution in [0.25, 0.3) is 0 Å². The summed E-state index contributed by atoms with van der Waals surface area (Å²) in [5, 5.41) is 3.33. The van der Waals surface area contributed by atoms with Gasteiger partial charge in [0.15, 0.2) is 5.03 Å². The fourth-order valence-electron chi connectivity index (χ4n) is 2.67. The first kappa shape index (κ1) is 15.5. The van der Waals surface area contributed by atoms with Gasteiger partial charge in [-0.1, -0.05) is 13.3 Å². The predicted molar refractivity (Wildman–Crippen MR) is 78.0 cm³/mol. The number of aromatic amines is 1. The van der Waals surface area contributed by atoms with Crippen LogP contribution >= 0.6 is 0 Å². The first-order chi connectivity index (χ1) is 9.59. The lowest BCUT2D eigenvalue weighted by atomic mass is 10.0. The normalized spacial score (nSPS) is 21.2. The molecule has 20 heavy (non-hydrogen) atoms. The number of aromatic nitrogens is 2. The van der Waals surface area contributed by atoms with E-state index in [1.807, 2.05) is 14.0 Å². The molecule has 0 amide bonds. The van der Waals surface area contributed by atoms with Gasteiger partial charge in [-0.15, -0.1) is 0 Å². The molecule has 0 spiro atoms. The molecule has 1 aliphatic heterocycles. The molecular formula is C13H24N4O2S. The maximum Gasteiger partial charge on any atom is 0.260 e. The van der Waals surface area contributed by atoms with Crippen LogP contribution in [-0.2, 0) is 16.4 Å². The van der Waals surface area contributed by atoms with Gasteiger partial charge in [0.2, 0.25) is 0 Å². The second-order valence-electron chi connectivity index (χ2n) is 5.21. The summed E-state index contributed by atoms with van der Waals surface area (Å²) in [6.07, 6.45) is 5.98. The van der Waals surface area contributed by atoms with Crippen LogP contribution in [0.15, 0.2) is 11.2 Å². The van der Waals surface area contributed by atoms with E-state index >= 15 is 0 Å². The topological polar surface area (TPSA) is 78.1 Å². The summed E-state index contributed by atoms with van der Waals surface area (Å²) in [6.45, 7) is 3.39. The maximum absolute atomic E-state index is 12.7. The molecule has 2 rings (SSSR count). The molecule has 1 atom stereocenters. The van der Waals surface area contributed by atoms with Crippen LogP contribution in [0.3, 0.4) is 0 Å². The van der Waals surface area contributed by atoms with Gasteiger partial charge in [-0.2, -0.15) is 4.31 Å². The van der Waals surface area contributed by atoms with Crippen molar-refractivity contribution in [3.63, 3.8) is 0 Å². The van der Waals surface area contributed by atoms with E-state index in [2.05, 4.69) is 15.3 Å². The number of nitrogens with zero attached hydrogens (tertiary/aromatic N) is 2. The Morgan fingerprint density at radius 1 is 1.50 bits per heavy atom. The van der Waals surface area contributed by atoms with Crippen LogP contribution in [0, 0.1) is 0 Å². The molecule has 1 aromatic rings. The number of H-pyrrole nitrogens is 1. The summed E-state index contributed by atoms with van der Waals surface area (Å²) in [4.78, 5) is 7.03. The number of hydrogen-bond acceptors (Lipinski definition) is 4. The third-order valence-corrected chi connectivity index (χ3v) is 5.69. The standard InChI is InChI=1S/C13H24N4O2S/c1-3-12-15-10-13(16-12)20(18,19)17-9-5-4-6-11(17)7-8-14-2/h10-11,14H,3-9H2,1-2H3,(H,15,16). The molecule has 7 heteroatoms. The molecule has 1 fully saturated rings. The second-order valence-corrected chi connectivity index (χ2v) is 7.06. The zero-order chi connectivity index (χ0) is 14.6. The highest BCUT2D eigenvalue weighted by Crippen LogP contribution is 2.26. The van der Waals surface area contributed by atoms with E-state index in [1.165, 1.54) is 6.20 Å². The first-order valence-corrected chi connectivity index (χ1v) is 8.74. The summed E-state index contributed by atoms with van der Waals surface area (Å²) < 4.78 is 27.1. The minimum Gasteiger partial charge on any atom is -0.332 e. The largest absolute Gasteiger partial charge is 0.332 e. The van der Waals surface area contributed by atoms with Gasteiger partial charge in [-0.05, 0) is 32.9 Å². The lowest BCUT2D eigenvalue weighted by Gasteiger charge is -2.34. The molecule has 0 aromatic carbocycles. The molecule has 0 bridgehead atoms. The summed E-state index contributed by atoms with van der Waals surface area (Å²) in [7, 11) is -1.55. The van der Waals surface area contributed by atoms with Gasteiger partial charge in [0, 0.05) is 19.0 Å². The second kappa shape index (κ2) is 6.69. The molecule has 1 aromatic heterocycles. The van der Waals surface area contributed by atoms with E-state index in [9.17, 15) is 8.42 Å². The highest BCUT2D eigenvalue weighted by Gasteiger charge is 2.34. The maximum atomic E-state index is 12.7. The van der Waals surface area contributed by atoms with Crippen molar-refractivity contribution in [2.45, 2.75) is 50.1 Å². The molecular weight excluding hydrogens is 276 g/mol. The van der Waals surface area contributed by atoms with Gasteiger partial charge in [-0.3, -0.25) is 0 Å². The van der Waals surface area contributed by atoms with E-state index in [1.54, 1.807) is 4.31 Å². The van der Waals surface area contributed by atoms with Crippen LogP contribution in [0.4, 0.5) is 0 Å². The number of nitrogens with one attached hydrogen (secondary N) is 2. The highest BCUT2D eigenvalue weighted by molar-refractivity contribution is 7.89. The summed E-state index contributed by atoms with van der Waals surface area (Å²) >= 11 is 0. The Hall–Kier alpha value is -0.920. The molecule has 114 valence electrons. The summed E-state index contributed by atoms with van der Waals surface area (Å²) in [6, 6.07) is 0.0922. The first-order valence-electron chi connectivity index (χ1n) is 7.30. The minimum atomic E-state index is -3.44. The molecule has 6 nitrogen and oxygen atoms in total. The van der Waals surface area contributed by atoms with Crippen molar-refractivity contribution in [2.75, 3.05) is 20.1 Å². The van der Waals surface area contributed by atoms with Gasteiger partial charge < -0.3 is 10.3 Å². The number of hydrogen-bond donors (Lipinski definition) is 2. The zero-order valence-electron chi connectivity index (χ0n) is 12.2. The SMILES string of the molecule is CCc1ncc(S(=O)(=O)N2CCCCC2CCNC)[nH]1. The third-order valence-electron chi connectivity index (χ3n) is 3.83. The average Bonchev–Trinajstić information content (AvgIpc) is 2.95. The number of imidazole rings is 1. The quantitative estimate of drug-likeness (QED) is 0.825. The van der Waals surface area contributed by atoms with E-state index < -0.39 is 10.0 Å². The fraction of sp³-hybridized carbons (Fsp3) is 0.769. The Bertz CT molecular complexity index is 526. The van der Waals surface area contributed by atoms with Gasteiger partial charge in [0.05, 0.1) is 6.20 Å². The molecule has 0 aliphatic carbocycles. The Morgan fingerprint density at radius 3 is 2.95 bits per heavy atom. The van der Waals surface area contributed by atoms with Gasteiger partial charge in [0.25, 0.3) is 10.0 Å². The van der Waals surface area contributed by atoms with Crippen LogP contribution in [0.5, 0.6) is 0 Å². The van der Waals surface area contributed by atoms with Crippen molar-refractivity contribution in [3.05, 3.63) is 12.0 Å².